The molecule has 0 heterocycles. The summed E-state index contributed by atoms with van der Waals surface area (Å²) in [6.45, 7) is 4.05. The molecule has 0 aromatic heterocycles. The normalized spacial score (nSPS) is 11.8. The van der Waals surface area contributed by atoms with Crippen LogP contribution in [0.4, 0.5) is 0 Å². The van der Waals surface area contributed by atoms with Crippen LogP contribution in [0.15, 0.2) is 10.6 Å². The second kappa shape index (κ2) is 7.53. The Morgan fingerprint density at radius 3 is 2.33 bits per heavy atom. The van der Waals surface area contributed by atoms with Gasteiger partial charge in [-0.25, -0.2) is 0 Å². The van der Waals surface area contributed by atoms with Crippen LogP contribution in [0, 0.1) is 0 Å². The van der Waals surface area contributed by atoms with E-state index in [1.807, 2.05) is 11.9 Å². The molecule has 0 atom stereocenters. The van der Waals surface area contributed by atoms with Gasteiger partial charge in [0.05, 0.1) is 0 Å². The lowest BCUT2D eigenvalue weighted by Gasteiger charge is -2.01. The standard InChI is InChI=1S/C10H17BrO/c1-3-9(8-11)6-5-7-10(12)4-2/h8H,3-7H2,1-2H3/b9-8-. The highest BCUT2D eigenvalue weighted by Crippen LogP contribution is 2.13. The van der Waals surface area contributed by atoms with Crippen LogP contribution in [-0.4, -0.2) is 5.78 Å². The first-order chi connectivity index (χ1) is 5.74. The molecule has 70 valence electrons. The molecule has 0 bridgehead atoms. The number of ketones is 1. The van der Waals surface area contributed by atoms with E-state index in [4.69, 9.17) is 0 Å². The second-order valence-electron chi connectivity index (χ2n) is 2.87. The van der Waals surface area contributed by atoms with Gasteiger partial charge >= 0.3 is 0 Å². The van der Waals surface area contributed by atoms with Crippen LogP contribution < -0.4 is 0 Å². The van der Waals surface area contributed by atoms with Gasteiger partial charge in [0.2, 0.25) is 0 Å². The maximum absolute atomic E-state index is 10.9. The summed E-state index contributed by atoms with van der Waals surface area (Å²) in [6.07, 6.45) is 4.54. The van der Waals surface area contributed by atoms with E-state index in [1.165, 1.54) is 5.57 Å². The van der Waals surface area contributed by atoms with Crippen LogP contribution in [0.5, 0.6) is 0 Å². The first-order valence-electron chi connectivity index (χ1n) is 4.54. The monoisotopic (exact) mass is 232 g/mol. The summed E-state index contributed by atoms with van der Waals surface area (Å²) in [5.41, 5.74) is 1.39. The Morgan fingerprint density at radius 2 is 1.92 bits per heavy atom. The van der Waals surface area contributed by atoms with Gasteiger partial charge in [-0.05, 0) is 24.2 Å². The molecule has 0 saturated carbocycles. The Labute approximate surface area is 83.4 Å². The maximum Gasteiger partial charge on any atom is 0.132 e. The van der Waals surface area contributed by atoms with E-state index < -0.39 is 0 Å². The zero-order valence-electron chi connectivity index (χ0n) is 7.90. The van der Waals surface area contributed by atoms with E-state index in [9.17, 15) is 4.79 Å². The van der Waals surface area contributed by atoms with Gasteiger partial charge in [0, 0.05) is 12.8 Å². The third-order valence-corrected chi connectivity index (χ3v) is 2.60. The molecule has 12 heavy (non-hydrogen) atoms. The highest BCUT2D eigenvalue weighted by molar-refractivity contribution is 9.11. The minimum Gasteiger partial charge on any atom is -0.300 e. The van der Waals surface area contributed by atoms with Crippen molar-refractivity contribution in [3.05, 3.63) is 10.6 Å². The van der Waals surface area contributed by atoms with Crippen LogP contribution in [0.3, 0.4) is 0 Å². The predicted molar refractivity (Wildman–Crippen MR) is 56.5 cm³/mol. The minimum atomic E-state index is 0.375. The molecule has 0 aliphatic rings. The summed E-state index contributed by atoms with van der Waals surface area (Å²) in [4.78, 5) is 12.9. The summed E-state index contributed by atoms with van der Waals surface area (Å²) >= 11 is 3.31. The summed E-state index contributed by atoms with van der Waals surface area (Å²) in [5, 5.41) is 0. The zero-order valence-corrected chi connectivity index (χ0v) is 9.49. The Morgan fingerprint density at radius 1 is 1.25 bits per heavy atom. The van der Waals surface area contributed by atoms with Crippen molar-refractivity contribution in [2.75, 3.05) is 0 Å². The second-order valence-corrected chi connectivity index (χ2v) is 3.32. The minimum absolute atomic E-state index is 0.375. The van der Waals surface area contributed by atoms with Crippen molar-refractivity contribution in [3.63, 3.8) is 0 Å². The molecule has 0 amide bonds. The lowest BCUT2D eigenvalue weighted by Crippen LogP contribution is -1.94. The summed E-state index contributed by atoms with van der Waals surface area (Å²) in [6, 6.07) is 0. The number of carbonyl (C=O) groups is 1. The van der Waals surface area contributed by atoms with E-state index in [-0.39, 0.29) is 0 Å². The SMILES string of the molecule is CCC(=O)CCC/C(=C\Br)CC. The average Bonchev–Trinajstić information content (AvgIpc) is 2.12. The molecular weight excluding hydrogens is 216 g/mol. The smallest absolute Gasteiger partial charge is 0.132 e. The molecule has 0 aliphatic heterocycles. The van der Waals surface area contributed by atoms with Crippen LogP contribution in [-0.2, 0) is 4.79 Å². The molecule has 0 radical (unpaired) electrons. The number of Topliss-reactive ketones (excluding diaryl/α,β-unsaturated/α-hetero) is 1. The molecular formula is C10H17BrO. The average molecular weight is 233 g/mol. The fraction of sp³-hybridized carbons (Fsp3) is 0.700. The number of hydrogen-bond acceptors (Lipinski definition) is 1. The molecule has 0 aromatic rings. The van der Waals surface area contributed by atoms with Gasteiger partial charge in [-0.2, -0.15) is 0 Å². The van der Waals surface area contributed by atoms with Gasteiger partial charge in [-0.15, -0.1) is 0 Å². The van der Waals surface area contributed by atoms with E-state index in [0.717, 1.165) is 25.7 Å². The summed E-state index contributed by atoms with van der Waals surface area (Å²) < 4.78 is 0. The quantitative estimate of drug-likeness (QED) is 0.681. The van der Waals surface area contributed by atoms with Gasteiger partial charge in [0.1, 0.15) is 5.78 Å². The number of rotatable bonds is 6. The third kappa shape index (κ3) is 5.53. The van der Waals surface area contributed by atoms with Gasteiger partial charge < -0.3 is 0 Å². The topological polar surface area (TPSA) is 17.1 Å². The van der Waals surface area contributed by atoms with Gasteiger partial charge in [0.25, 0.3) is 0 Å². The van der Waals surface area contributed by atoms with E-state index >= 15 is 0 Å². The Hall–Kier alpha value is -0.110. The van der Waals surface area contributed by atoms with Crippen LogP contribution in [0.2, 0.25) is 0 Å². The Bertz CT molecular complexity index is 161. The van der Waals surface area contributed by atoms with Crippen LogP contribution in [0.1, 0.15) is 46.0 Å². The Balaban J connectivity index is 3.48. The summed E-state index contributed by atoms with van der Waals surface area (Å²) in [7, 11) is 0. The van der Waals surface area contributed by atoms with Crippen molar-refractivity contribution in [1.82, 2.24) is 0 Å². The first kappa shape index (κ1) is 11.9. The van der Waals surface area contributed by atoms with E-state index in [0.29, 0.717) is 12.2 Å². The summed E-state index contributed by atoms with van der Waals surface area (Å²) in [5.74, 6) is 0.375. The van der Waals surface area contributed by atoms with Crippen molar-refractivity contribution in [1.29, 1.82) is 0 Å². The first-order valence-corrected chi connectivity index (χ1v) is 5.46. The molecule has 0 unspecified atom stereocenters. The molecule has 0 saturated heterocycles. The largest absolute Gasteiger partial charge is 0.300 e. The number of carbonyl (C=O) groups excluding carboxylic acids is 1. The van der Waals surface area contributed by atoms with Gasteiger partial charge in [-0.3, -0.25) is 4.79 Å². The van der Waals surface area contributed by atoms with Crippen molar-refractivity contribution in [2.24, 2.45) is 0 Å². The van der Waals surface area contributed by atoms with Gasteiger partial charge in [0.15, 0.2) is 0 Å². The lowest BCUT2D eigenvalue weighted by atomic mass is 10.1. The molecule has 0 aromatic carbocycles. The third-order valence-electron chi connectivity index (χ3n) is 1.96. The molecule has 0 rings (SSSR count). The predicted octanol–water partition coefficient (Wildman–Crippen LogP) is 3.82. The molecule has 0 fully saturated rings. The van der Waals surface area contributed by atoms with Crippen LogP contribution >= 0.6 is 15.9 Å². The number of allylic oxidation sites excluding steroid dienone is 1. The Kier molecular flexibility index (Phi) is 7.47. The van der Waals surface area contributed by atoms with Crippen molar-refractivity contribution < 1.29 is 4.79 Å². The van der Waals surface area contributed by atoms with E-state index in [1.54, 1.807) is 0 Å². The molecule has 0 spiro atoms. The maximum atomic E-state index is 10.9. The number of hydrogen-bond donors (Lipinski definition) is 0. The van der Waals surface area contributed by atoms with Crippen molar-refractivity contribution in [3.8, 4) is 0 Å². The molecule has 0 aliphatic carbocycles. The van der Waals surface area contributed by atoms with Gasteiger partial charge in [-0.1, -0.05) is 35.4 Å². The van der Waals surface area contributed by atoms with Crippen molar-refractivity contribution in [2.45, 2.75) is 46.0 Å². The number of halogens is 1. The fourth-order valence-electron chi connectivity index (χ4n) is 0.998. The molecule has 1 nitrogen and oxygen atoms in total. The zero-order chi connectivity index (χ0) is 9.40. The highest BCUT2D eigenvalue weighted by Gasteiger charge is 1.99. The van der Waals surface area contributed by atoms with Crippen LogP contribution in [0.25, 0.3) is 0 Å². The lowest BCUT2D eigenvalue weighted by molar-refractivity contribution is -0.118. The van der Waals surface area contributed by atoms with Crippen molar-refractivity contribution >= 4 is 21.7 Å². The molecule has 2 heteroatoms. The molecule has 0 N–H and O–H groups in total. The fourth-order valence-corrected chi connectivity index (χ4v) is 1.55. The highest BCUT2D eigenvalue weighted by atomic mass is 79.9. The van der Waals surface area contributed by atoms with E-state index in [2.05, 4.69) is 22.9 Å².